The lowest BCUT2D eigenvalue weighted by atomic mass is 10.3. The van der Waals surface area contributed by atoms with Crippen molar-refractivity contribution < 1.29 is 8.42 Å². The molecule has 6 heteroatoms. The van der Waals surface area contributed by atoms with Crippen molar-refractivity contribution in [2.24, 2.45) is 0 Å². The molecule has 1 aliphatic rings. The van der Waals surface area contributed by atoms with E-state index in [0.29, 0.717) is 23.9 Å². The number of benzene rings is 1. The minimum Gasteiger partial charge on any atom is -0.357 e. The Hall–Kier alpha value is -1.20. The van der Waals surface area contributed by atoms with Crippen LogP contribution in [0.5, 0.6) is 0 Å². The third-order valence-electron chi connectivity index (χ3n) is 2.84. The normalized spacial score (nSPS) is 18.4. The molecule has 1 heterocycles. The van der Waals surface area contributed by atoms with Crippen molar-refractivity contribution in [2.75, 3.05) is 29.9 Å². The van der Waals surface area contributed by atoms with Crippen LogP contribution in [0, 0.1) is 0 Å². The first-order valence-electron chi connectivity index (χ1n) is 5.63. The molecule has 98 valence electrons. The first kappa shape index (κ1) is 13.2. The largest absolute Gasteiger partial charge is 0.357 e. The van der Waals surface area contributed by atoms with Gasteiger partial charge in [-0.05, 0) is 18.2 Å². The molecular weight excluding hydrogens is 272 g/mol. The summed E-state index contributed by atoms with van der Waals surface area (Å²) in [7, 11) is -2.86. The zero-order chi connectivity index (χ0) is 13.2. The summed E-state index contributed by atoms with van der Waals surface area (Å²) in [5, 5.41) is 3.78. The van der Waals surface area contributed by atoms with Crippen molar-refractivity contribution >= 4 is 27.1 Å². The molecule has 0 aliphatic carbocycles. The van der Waals surface area contributed by atoms with Crippen LogP contribution in [-0.2, 0) is 9.84 Å². The molecule has 18 heavy (non-hydrogen) atoms. The van der Waals surface area contributed by atoms with Crippen molar-refractivity contribution in [3.05, 3.63) is 41.7 Å². The number of hydrogen-bond donors (Lipinski definition) is 1. The van der Waals surface area contributed by atoms with Gasteiger partial charge in [0.25, 0.3) is 0 Å². The summed E-state index contributed by atoms with van der Waals surface area (Å²) < 4.78 is 22.7. The van der Waals surface area contributed by atoms with Gasteiger partial charge in [0.2, 0.25) is 0 Å². The van der Waals surface area contributed by atoms with Gasteiger partial charge < -0.3 is 10.2 Å². The lowest BCUT2D eigenvalue weighted by Crippen LogP contribution is -2.40. The Morgan fingerprint density at radius 2 is 2.00 bits per heavy atom. The number of hydrogen-bond acceptors (Lipinski definition) is 4. The van der Waals surface area contributed by atoms with E-state index in [1.807, 2.05) is 17.0 Å². The monoisotopic (exact) mass is 286 g/mol. The SMILES string of the molecule is C=C(Nc1cccc(Cl)c1)N1CCS(=O)(=O)CC1. The van der Waals surface area contributed by atoms with Gasteiger partial charge in [0.1, 0.15) is 0 Å². The summed E-state index contributed by atoms with van der Waals surface area (Å²) in [6.45, 7) is 4.89. The fourth-order valence-electron chi connectivity index (χ4n) is 1.79. The average molecular weight is 287 g/mol. The van der Waals surface area contributed by atoms with Crippen molar-refractivity contribution in [3.8, 4) is 0 Å². The first-order chi connectivity index (χ1) is 8.46. The first-order valence-corrected chi connectivity index (χ1v) is 7.83. The molecule has 0 unspecified atom stereocenters. The topological polar surface area (TPSA) is 49.4 Å². The molecule has 1 fully saturated rings. The van der Waals surface area contributed by atoms with E-state index in [1.165, 1.54) is 0 Å². The van der Waals surface area contributed by atoms with E-state index in [4.69, 9.17) is 11.6 Å². The van der Waals surface area contributed by atoms with Crippen molar-refractivity contribution in [3.63, 3.8) is 0 Å². The molecule has 2 rings (SSSR count). The molecule has 1 aliphatic heterocycles. The molecule has 0 radical (unpaired) electrons. The molecular formula is C12H15ClN2O2S. The quantitative estimate of drug-likeness (QED) is 0.923. The summed E-state index contributed by atoms with van der Waals surface area (Å²) in [6.07, 6.45) is 0. The number of nitrogens with one attached hydrogen (secondary N) is 1. The Bertz CT molecular complexity index is 543. The lowest BCUT2D eigenvalue weighted by Gasteiger charge is -2.30. The van der Waals surface area contributed by atoms with Crippen molar-refractivity contribution in [1.29, 1.82) is 0 Å². The minimum atomic E-state index is -2.86. The van der Waals surface area contributed by atoms with Gasteiger partial charge in [-0.15, -0.1) is 0 Å². The second-order valence-corrected chi connectivity index (χ2v) is 6.96. The van der Waals surface area contributed by atoms with Crippen LogP contribution in [-0.4, -0.2) is 37.9 Å². The fraction of sp³-hybridized carbons (Fsp3) is 0.333. The highest BCUT2D eigenvalue weighted by molar-refractivity contribution is 7.91. The number of rotatable bonds is 3. The minimum absolute atomic E-state index is 0.184. The van der Waals surface area contributed by atoms with Crippen molar-refractivity contribution in [2.45, 2.75) is 0 Å². The van der Waals surface area contributed by atoms with E-state index in [2.05, 4.69) is 11.9 Å². The number of sulfone groups is 1. The summed E-state index contributed by atoms with van der Waals surface area (Å²) in [5.74, 6) is 1.07. The molecule has 1 aromatic rings. The van der Waals surface area contributed by atoms with Gasteiger partial charge in [-0.2, -0.15) is 0 Å². The molecule has 1 saturated heterocycles. The molecule has 1 N–H and O–H groups in total. The lowest BCUT2D eigenvalue weighted by molar-refractivity contribution is 0.374. The molecule has 0 saturated carbocycles. The average Bonchev–Trinajstić information content (AvgIpc) is 2.28. The maximum Gasteiger partial charge on any atom is 0.153 e. The standard InChI is InChI=1S/C12H15ClN2O2S/c1-10(14-12-4-2-3-11(13)9-12)15-5-7-18(16,17)8-6-15/h2-4,9,14H,1,5-8H2. The summed E-state index contributed by atoms with van der Waals surface area (Å²) in [6, 6.07) is 7.33. The third kappa shape index (κ3) is 3.40. The van der Waals surface area contributed by atoms with Crippen LogP contribution in [0.25, 0.3) is 0 Å². The van der Waals surface area contributed by atoms with Crippen molar-refractivity contribution in [1.82, 2.24) is 4.90 Å². The molecule has 4 nitrogen and oxygen atoms in total. The predicted molar refractivity (Wildman–Crippen MR) is 74.4 cm³/mol. The highest BCUT2D eigenvalue weighted by atomic mass is 35.5. The number of nitrogens with zero attached hydrogens (tertiary/aromatic N) is 1. The highest BCUT2D eigenvalue weighted by Crippen LogP contribution is 2.18. The third-order valence-corrected chi connectivity index (χ3v) is 4.68. The molecule has 0 bridgehead atoms. The Kier molecular flexibility index (Phi) is 3.82. The van der Waals surface area contributed by atoms with E-state index < -0.39 is 9.84 Å². The van der Waals surface area contributed by atoms with Crippen LogP contribution >= 0.6 is 11.6 Å². The van der Waals surface area contributed by atoms with Crippen LogP contribution in [0.4, 0.5) is 5.69 Å². The van der Waals surface area contributed by atoms with Gasteiger partial charge in [-0.25, -0.2) is 8.42 Å². The number of anilines is 1. The van der Waals surface area contributed by atoms with Gasteiger partial charge in [0, 0.05) is 23.8 Å². The molecule has 0 aromatic heterocycles. The van der Waals surface area contributed by atoms with Crippen LogP contribution in [0.15, 0.2) is 36.7 Å². The van der Waals surface area contributed by atoms with Crippen LogP contribution < -0.4 is 5.32 Å². The van der Waals surface area contributed by atoms with Gasteiger partial charge >= 0.3 is 0 Å². The Labute approximate surface area is 112 Å². The van der Waals surface area contributed by atoms with Gasteiger partial charge in [0.15, 0.2) is 9.84 Å². The van der Waals surface area contributed by atoms with Gasteiger partial charge in [-0.3, -0.25) is 0 Å². The zero-order valence-corrected chi connectivity index (χ0v) is 11.5. The van der Waals surface area contributed by atoms with Crippen LogP contribution in [0.2, 0.25) is 5.02 Å². The maximum absolute atomic E-state index is 11.3. The Morgan fingerprint density at radius 3 is 2.61 bits per heavy atom. The molecule has 1 aromatic carbocycles. The smallest absolute Gasteiger partial charge is 0.153 e. The second kappa shape index (κ2) is 5.20. The van der Waals surface area contributed by atoms with Crippen LogP contribution in [0.3, 0.4) is 0 Å². The Morgan fingerprint density at radius 1 is 1.33 bits per heavy atom. The van der Waals surface area contributed by atoms with E-state index >= 15 is 0 Å². The van der Waals surface area contributed by atoms with E-state index in [0.717, 1.165) is 5.69 Å². The fourth-order valence-corrected chi connectivity index (χ4v) is 3.19. The molecule has 0 atom stereocenters. The predicted octanol–water partition coefficient (Wildman–Crippen LogP) is 1.95. The van der Waals surface area contributed by atoms with E-state index in [9.17, 15) is 8.42 Å². The summed E-state index contributed by atoms with van der Waals surface area (Å²) in [5.41, 5.74) is 0.848. The summed E-state index contributed by atoms with van der Waals surface area (Å²) in [4.78, 5) is 1.93. The van der Waals surface area contributed by atoms with Gasteiger partial charge in [0.05, 0.1) is 17.3 Å². The van der Waals surface area contributed by atoms with E-state index in [-0.39, 0.29) is 11.5 Å². The second-order valence-electron chi connectivity index (χ2n) is 4.22. The summed E-state index contributed by atoms with van der Waals surface area (Å²) >= 11 is 5.89. The maximum atomic E-state index is 11.3. The van der Waals surface area contributed by atoms with Crippen LogP contribution in [0.1, 0.15) is 0 Å². The van der Waals surface area contributed by atoms with E-state index in [1.54, 1.807) is 12.1 Å². The molecule has 0 spiro atoms. The zero-order valence-electron chi connectivity index (χ0n) is 9.89. The highest BCUT2D eigenvalue weighted by Gasteiger charge is 2.22. The number of halogens is 1. The molecule has 0 amide bonds. The van der Waals surface area contributed by atoms with Gasteiger partial charge in [-0.1, -0.05) is 24.2 Å². The Balaban J connectivity index is 1.97.